The molecular weight excluding hydrogens is 364 g/mol. The first-order valence-electron chi connectivity index (χ1n) is 8.80. The first-order valence-corrected chi connectivity index (χ1v) is 9.18. The minimum Gasteiger partial charge on any atom is -0.490 e. The molecule has 1 atom stereocenters. The number of benzene rings is 2. The number of hydrogen-bond acceptors (Lipinski definition) is 4. The molecule has 27 heavy (non-hydrogen) atoms. The van der Waals surface area contributed by atoms with Gasteiger partial charge in [0.15, 0.2) is 0 Å². The molecule has 0 bridgehead atoms. The summed E-state index contributed by atoms with van der Waals surface area (Å²) in [5, 5.41) is 7.23. The lowest BCUT2D eigenvalue weighted by atomic mass is 10.1. The Morgan fingerprint density at radius 3 is 2.56 bits per heavy atom. The van der Waals surface area contributed by atoms with Crippen molar-refractivity contribution >= 4 is 29.4 Å². The standard InChI is InChI=1S/C21H25ClN2O3/c1-13(2)26-19-9-7-6-8-17(19)12-23-27-16(5)21(25)24-20-15(4)10-14(3)11-18(20)22/h6-13,16H,1-5H3,(H,24,25)/b23-12+. The lowest BCUT2D eigenvalue weighted by Crippen LogP contribution is -2.27. The first kappa shape index (κ1) is 20.8. The van der Waals surface area contributed by atoms with Gasteiger partial charge in [-0.2, -0.15) is 0 Å². The fourth-order valence-electron chi connectivity index (χ4n) is 2.47. The summed E-state index contributed by atoms with van der Waals surface area (Å²) in [6, 6.07) is 11.3. The van der Waals surface area contributed by atoms with Crippen LogP contribution in [0, 0.1) is 13.8 Å². The van der Waals surface area contributed by atoms with E-state index in [9.17, 15) is 4.79 Å². The van der Waals surface area contributed by atoms with E-state index in [1.165, 1.54) is 6.21 Å². The number of rotatable bonds is 7. The van der Waals surface area contributed by atoms with Gasteiger partial charge in [0.05, 0.1) is 23.0 Å². The maximum atomic E-state index is 12.4. The molecule has 6 heteroatoms. The lowest BCUT2D eigenvalue weighted by Gasteiger charge is -2.14. The van der Waals surface area contributed by atoms with E-state index >= 15 is 0 Å². The minimum absolute atomic E-state index is 0.0488. The Bertz CT molecular complexity index is 811. The van der Waals surface area contributed by atoms with Gasteiger partial charge in [0.25, 0.3) is 5.91 Å². The van der Waals surface area contributed by atoms with Gasteiger partial charge in [-0.3, -0.25) is 4.79 Å². The van der Waals surface area contributed by atoms with Gasteiger partial charge in [-0.25, -0.2) is 0 Å². The third-order valence-electron chi connectivity index (χ3n) is 3.74. The van der Waals surface area contributed by atoms with Gasteiger partial charge >= 0.3 is 0 Å². The number of aryl methyl sites for hydroxylation is 2. The number of oxime groups is 1. The molecule has 0 aliphatic rings. The summed E-state index contributed by atoms with van der Waals surface area (Å²) in [5.41, 5.74) is 3.29. The molecule has 2 aromatic rings. The summed E-state index contributed by atoms with van der Waals surface area (Å²) < 4.78 is 5.72. The number of para-hydroxylation sites is 1. The molecule has 144 valence electrons. The fourth-order valence-corrected chi connectivity index (χ4v) is 2.84. The van der Waals surface area contributed by atoms with Crippen LogP contribution in [0.3, 0.4) is 0 Å². The van der Waals surface area contributed by atoms with E-state index in [4.69, 9.17) is 21.2 Å². The van der Waals surface area contributed by atoms with Gasteiger partial charge in [0, 0.05) is 5.56 Å². The molecule has 0 radical (unpaired) electrons. The Hall–Kier alpha value is -2.53. The molecule has 0 aliphatic heterocycles. The van der Waals surface area contributed by atoms with Crippen LogP contribution in [0.15, 0.2) is 41.6 Å². The van der Waals surface area contributed by atoms with Crippen molar-refractivity contribution < 1.29 is 14.4 Å². The summed E-state index contributed by atoms with van der Waals surface area (Å²) in [6.07, 6.45) is 0.801. The quantitative estimate of drug-likeness (QED) is 0.528. The van der Waals surface area contributed by atoms with Crippen molar-refractivity contribution in [3.05, 3.63) is 58.1 Å². The lowest BCUT2D eigenvalue weighted by molar-refractivity contribution is -0.126. The van der Waals surface area contributed by atoms with Gasteiger partial charge in [-0.1, -0.05) is 35.0 Å². The highest BCUT2D eigenvalue weighted by atomic mass is 35.5. The zero-order valence-electron chi connectivity index (χ0n) is 16.2. The molecule has 0 spiro atoms. The second-order valence-electron chi connectivity index (χ2n) is 6.61. The van der Waals surface area contributed by atoms with Crippen LogP contribution in [0.25, 0.3) is 0 Å². The molecule has 0 saturated carbocycles. The predicted molar refractivity (Wildman–Crippen MR) is 110 cm³/mol. The number of carbonyl (C=O) groups excluding carboxylic acids is 1. The van der Waals surface area contributed by atoms with E-state index in [-0.39, 0.29) is 12.0 Å². The van der Waals surface area contributed by atoms with Crippen LogP contribution in [0.5, 0.6) is 5.75 Å². The van der Waals surface area contributed by atoms with E-state index < -0.39 is 6.10 Å². The van der Waals surface area contributed by atoms with Crippen molar-refractivity contribution in [3.63, 3.8) is 0 Å². The molecular formula is C21H25ClN2O3. The zero-order chi connectivity index (χ0) is 20.0. The predicted octanol–water partition coefficient (Wildman–Crippen LogP) is 5.12. The summed E-state index contributed by atoms with van der Waals surface area (Å²) in [5.74, 6) is 0.381. The van der Waals surface area contributed by atoms with Crippen molar-refractivity contribution in [2.75, 3.05) is 5.32 Å². The van der Waals surface area contributed by atoms with Crippen LogP contribution in [0.1, 0.15) is 37.5 Å². The maximum Gasteiger partial charge on any atom is 0.268 e. The van der Waals surface area contributed by atoms with Crippen LogP contribution < -0.4 is 10.1 Å². The molecule has 0 saturated heterocycles. The van der Waals surface area contributed by atoms with E-state index in [2.05, 4.69) is 10.5 Å². The molecule has 2 aromatic carbocycles. The van der Waals surface area contributed by atoms with Gasteiger partial charge in [0.2, 0.25) is 6.10 Å². The molecule has 1 N–H and O–H groups in total. The van der Waals surface area contributed by atoms with Crippen LogP contribution in [0.4, 0.5) is 5.69 Å². The first-order chi connectivity index (χ1) is 12.8. The van der Waals surface area contributed by atoms with Gasteiger partial charge in [0.1, 0.15) is 5.75 Å². The highest BCUT2D eigenvalue weighted by Gasteiger charge is 2.17. The topological polar surface area (TPSA) is 59.9 Å². The molecule has 0 heterocycles. The molecule has 1 unspecified atom stereocenters. The normalized spacial score (nSPS) is 12.3. The van der Waals surface area contributed by atoms with E-state index in [1.807, 2.05) is 58.0 Å². The van der Waals surface area contributed by atoms with Gasteiger partial charge < -0.3 is 14.9 Å². The SMILES string of the molecule is Cc1cc(C)c(NC(=O)C(C)O/N=C/c2ccccc2OC(C)C)c(Cl)c1. The number of carbonyl (C=O) groups is 1. The van der Waals surface area contributed by atoms with Crippen molar-refractivity contribution in [2.24, 2.45) is 5.16 Å². The van der Waals surface area contributed by atoms with Crippen molar-refractivity contribution in [1.82, 2.24) is 0 Å². The summed E-state index contributed by atoms with van der Waals surface area (Å²) in [6.45, 7) is 9.38. The van der Waals surface area contributed by atoms with Crippen LogP contribution in [-0.2, 0) is 9.63 Å². The molecule has 1 amide bonds. The van der Waals surface area contributed by atoms with E-state index in [0.29, 0.717) is 16.5 Å². The van der Waals surface area contributed by atoms with E-state index in [1.54, 1.807) is 13.0 Å². The van der Waals surface area contributed by atoms with Gasteiger partial charge in [-0.05, 0) is 63.9 Å². The van der Waals surface area contributed by atoms with Crippen molar-refractivity contribution in [3.8, 4) is 5.75 Å². The Morgan fingerprint density at radius 2 is 1.89 bits per heavy atom. The largest absolute Gasteiger partial charge is 0.490 e. The van der Waals surface area contributed by atoms with Crippen LogP contribution in [-0.4, -0.2) is 24.3 Å². The molecule has 2 rings (SSSR count). The third kappa shape index (κ3) is 6.00. The highest BCUT2D eigenvalue weighted by molar-refractivity contribution is 6.34. The average molecular weight is 389 g/mol. The van der Waals surface area contributed by atoms with Crippen molar-refractivity contribution in [2.45, 2.75) is 46.8 Å². The van der Waals surface area contributed by atoms with Crippen LogP contribution in [0.2, 0.25) is 5.02 Å². The summed E-state index contributed by atoms with van der Waals surface area (Å²) in [4.78, 5) is 17.7. The smallest absolute Gasteiger partial charge is 0.268 e. The summed E-state index contributed by atoms with van der Waals surface area (Å²) in [7, 11) is 0. The molecule has 5 nitrogen and oxygen atoms in total. The maximum absolute atomic E-state index is 12.4. The summed E-state index contributed by atoms with van der Waals surface area (Å²) >= 11 is 6.23. The Kier molecular flexibility index (Phi) is 7.25. The molecule has 0 aromatic heterocycles. The zero-order valence-corrected chi connectivity index (χ0v) is 17.0. The monoisotopic (exact) mass is 388 g/mol. The second kappa shape index (κ2) is 9.42. The van der Waals surface area contributed by atoms with Gasteiger partial charge in [-0.15, -0.1) is 0 Å². The number of halogens is 1. The molecule has 0 aliphatic carbocycles. The highest BCUT2D eigenvalue weighted by Crippen LogP contribution is 2.27. The number of nitrogens with zero attached hydrogens (tertiary/aromatic N) is 1. The van der Waals surface area contributed by atoms with Crippen molar-refractivity contribution in [1.29, 1.82) is 0 Å². The third-order valence-corrected chi connectivity index (χ3v) is 4.04. The average Bonchev–Trinajstić information content (AvgIpc) is 2.58. The Morgan fingerprint density at radius 1 is 1.19 bits per heavy atom. The Balaban J connectivity index is 2.01. The number of amides is 1. The Labute approximate surface area is 165 Å². The second-order valence-corrected chi connectivity index (χ2v) is 7.02. The number of anilines is 1. The number of ether oxygens (including phenoxy) is 1. The van der Waals surface area contributed by atoms with Crippen LogP contribution >= 0.6 is 11.6 Å². The fraction of sp³-hybridized carbons (Fsp3) is 0.333. The minimum atomic E-state index is -0.781. The molecule has 0 fully saturated rings. The number of hydrogen-bond donors (Lipinski definition) is 1. The number of nitrogens with one attached hydrogen (secondary N) is 1. The van der Waals surface area contributed by atoms with E-state index in [0.717, 1.165) is 16.7 Å².